The van der Waals surface area contributed by atoms with Crippen LogP contribution in [0.5, 0.6) is 0 Å². The van der Waals surface area contributed by atoms with Gasteiger partial charge in [0, 0.05) is 24.0 Å². The van der Waals surface area contributed by atoms with Crippen LogP contribution in [0.25, 0.3) is 21.8 Å². The maximum absolute atomic E-state index is 12.4. The highest BCUT2D eigenvalue weighted by Gasteiger charge is 2.28. The van der Waals surface area contributed by atoms with E-state index in [0.29, 0.717) is 13.1 Å². The predicted octanol–water partition coefficient (Wildman–Crippen LogP) is 5.47. The number of aromatic nitrogens is 2. The highest BCUT2D eigenvalue weighted by Crippen LogP contribution is 2.35. The third-order valence-electron chi connectivity index (χ3n) is 4.87. The van der Waals surface area contributed by atoms with Crippen molar-refractivity contribution in [3.63, 3.8) is 0 Å². The third-order valence-corrected chi connectivity index (χ3v) is 5.96. The fourth-order valence-electron chi connectivity index (χ4n) is 3.46. The van der Waals surface area contributed by atoms with Gasteiger partial charge in [-0.2, -0.15) is 0 Å². The molecule has 0 fully saturated rings. The Labute approximate surface area is 175 Å². The molecule has 0 atom stereocenters. The van der Waals surface area contributed by atoms with Crippen molar-refractivity contribution in [2.75, 3.05) is 6.54 Å². The first-order chi connectivity index (χ1) is 13.8. The zero-order valence-corrected chi connectivity index (χ0v) is 18.0. The van der Waals surface area contributed by atoms with Gasteiger partial charge < -0.3 is 9.64 Å². The van der Waals surface area contributed by atoms with Crippen LogP contribution in [0.15, 0.2) is 42.6 Å². The lowest BCUT2D eigenvalue weighted by Crippen LogP contribution is -2.39. The number of thiazole rings is 1. The van der Waals surface area contributed by atoms with E-state index in [1.165, 1.54) is 11.1 Å². The van der Waals surface area contributed by atoms with E-state index >= 15 is 0 Å². The summed E-state index contributed by atoms with van der Waals surface area (Å²) in [6.45, 7) is 8.93. The summed E-state index contributed by atoms with van der Waals surface area (Å²) in [7, 11) is 0. The summed E-state index contributed by atoms with van der Waals surface area (Å²) in [4.78, 5) is 24.8. The minimum Gasteiger partial charge on any atom is -0.444 e. The number of fused-ring (bicyclic) bond motifs is 1. The van der Waals surface area contributed by atoms with Crippen molar-refractivity contribution in [2.45, 2.75) is 46.3 Å². The lowest BCUT2D eigenvalue weighted by atomic mass is 10.0. The quantitative estimate of drug-likeness (QED) is 0.565. The Hall–Kier alpha value is -2.73. The predicted molar refractivity (Wildman–Crippen MR) is 116 cm³/mol. The normalized spacial score (nSPS) is 13.9. The topological polar surface area (TPSA) is 55.3 Å². The van der Waals surface area contributed by atoms with E-state index < -0.39 is 5.60 Å². The van der Waals surface area contributed by atoms with E-state index in [1.807, 2.05) is 51.2 Å². The van der Waals surface area contributed by atoms with Crippen molar-refractivity contribution in [1.82, 2.24) is 14.9 Å². The van der Waals surface area contributed by atoms with Gasteiger partial charge in [-0.3, -0.25) is 4.98 Å². The lowest BCUT2D eigenvalue weighted by molar-refractivity contribution is 0.0225. The van der Waals surface area contributed by atoms with Crippen LogP contribution in [0.1, 0.15) is 36.9 Å². The average Bonchev–Trinajstić information content (AvgIpc) is 3.10. The van der Waals surface area contributed by atoms with Gasteiger partial charge in [0.2, 0.25) is 0 Å². The first-order valence-electron chi connectivity index (χ1n) is 9.80. The molecule has 3 heterocycles. The van der Waals surface area contributed by atoms with Crippen LogP contribution in [-0.4, -0.2) is 33.1 Å². The van der Waals surface area contributed by atoms with E-state index in [4.69, 9.17) is 9.72 Å². The zero-order chi connectivity index (χ0) is 20.6. The first-order valence-corrected chi connectivity index (χ1v) is 10.6. The highest BCUT2D eigenvalue weighted by atomic mass is 32.1. The Morgan fingerprint density at radius 3 is 2.66 bits per heavy atom. The molecule has 1 aromatic carbocycles. The number of hydrogen-bond acceptors (Lipinski definition) is 5. The molecule has 1 aliphatic rings. The number of hydrogen-bond donors (Lipinski definition) is 0. The van der Waals surface area contributed by atoms with Crippen molar-refractivity contribution in [2.24, 2.45) is 0 Å². The number of nitrogens with zero attached hydrogens (tertiary/aromatic N) is 3. The summed E-state index contributed by atoms with van der Waals surface area (Å²) >= 11 is 1.62. The Balaban J connectivity index is 1.61. The Bertz CT molecular complexity index is 1040. The summed E-state index contributed by atoms with van der Waals surface area (Å²) in [5, 5.41) is 0.913. The molecule has 0 radical (unpaired) electrons. The standard InChI is InChI=1S/C23H25N3O2S/c1-15-17(16-8-6-5-7-9-16)10-12-24-20(15)21-25-18-11-13-26(14-19(18)29-21)22(27)28-23(2,3)4/h5-10,12H,11,13-14H2,1-4H3. The van der Waals surface area contributed by atoms with Crippen LogP contribution in [0.2, 0.25) is 0 Å². The molecular weight excluding hydrogens is 382 g/mol. The molecule has 0 saturated carbocycles. The maximum Gasteiger partial charge on any atom is 0.410 e. The van der Waals surface area contributed by atoms with Gasteiger partial charge >= 0.3 is 6.09 Å². The number of benzene rings is 1. The van der Waals surface area contributed by atoms with Crippen LogP contribution < -0.4 is 0 Å². The van der Waals surface area contributed by atoms with Crippen molar-refractivity contribution in [1.29, 1.82) is 0 Å². The van der Waals surface area contributed by atoms with Crippen molar-refractivity contribution in [3.8, 4) is 21.8 Å². The van der Waals surface area contributed by atoms with E-state index in [0.717, 1.165) is 33.3 Å². The Morgan fingerprint density at radius 1 is 1.17 bits per heavy atom. The SMILES string of the molecule is Cc1c(-c2ccccc2)ccnc1-c1nc2c(s1)CN(C(=O)OC(C)(C)C)CC2. The molecule has 0 saturated heterocycles. The second kappa shape index (κ2) is 7.59. The number of amides is 1. The highest BCUT2D eigenvalue weighted by molar-refractivity contribution is 7.15. The zero-order valence-electron chi connectivity index (χ0n) is 17.2. The van der Waals surface area contributed by atoms with E-state index in [-0.39, 0.29) is 6.09 Å². The molecule has 0 N–H and O–H groups in total. The number of carbonyl (C=O) groups excluding carboxylic acids is 1. The van der Waals surface area contributed by atoms with Gasteiger partial charge in [-0.25, -0.2) is 9.78 Å². The number of rotatable bonds is 2. The monoisotopic (exact) mass is 407 g/mol. The minimum absolute atomic E-state index is 0.265. The molecule has 0 spiro atoms. The summed E-state index contributed by atoms with van der Waals surface area (Å²) in [6.07, 6.45) is 2.32. The first kappa shape index (κ1) is 19.6. The second-order valence-electron chi connectivity index (χ2n) is 8.24. The van der Waals surface area contributed by atoms with Gasteiger partial charge in [0.25, 0.3) is 0 Å². The molecule has 3 aromatic rings. The molecule has 1 amide bonds. The molecule has 4 rings (SSSR count). The van der Waals surface area contributed by atoms with Crippen LogP contribution in [0, 0.1) is 6.92 Å². The van der Waals surface area contributed by atoms with E-state index in [1.54, 1.807) is 16.2 Å². The van der Waals surface area contributed by atoms with Gasteiger partial charge in [0.05, 0.1) is 12.2 Å². The van der Waals surface area contributed by atoms with Gasteiger partial charge in [0.1, 0.15) is 16.3 Å². The van der Waals surface area contributed by atoms with Crippen LogP contribution >= 0.6 is 11.3 Å². The van der Waals surface area contributed by atoms with Crippen molar-refractivity contribution >= 4 is 17.4 Å². The molecule has 0 aliphatic carbocycles. The number of carbonyl (C=O) groups is 1. The largest absolute Gasteiger partial charge is 0.444 e. The summed E-state index contributed by atoms with van der Waals surface area (Å²) in [5.41, 5.74) is 4.94. The van der Waals surface area contributed by atoms with Crippen LogP contribution in [-0.2, 0) is 17.7 Å². The average molecular weight is 408 g/mol. The van der Waals surface area contributed by atoms with Crippen molar-refractivity contribution < 1.29 is 9.53 Å². The molecule has 29 heavy (non-hydrogen) atoms. The maximum atomic E-state index is 12.4. The summed E-state index contributed by atoms with van der Waals surface area (Å²) in [6, 6.07) is 12.4. The molecule has 150 valence electrons. The molecule has 6 heteroatoms. The van der Waals surface area contributed by atoms with Gasteiger partial charge in [-0.1, -0.05) is 30.3 Å². The van der Waals surface area contributed by atoms with Gasteiger partial charge in [0.15, 0.2) is 0 Å². The van der Waals surface area contributed by atoms with Crippen LogP contribution in [0.3, 0.4) is 0 Å². The second-order valence-corrected chi connectivity index (χ2v) is 9.32. The third kappa shape index (κ3) is 4.17. The molecule has 0 unspecified atom stereocenters. The van der Waals surface area contributed by atoms with E-state index in [9.17, 15) is 4.79 Å². The molecular formula is C23H25N3O2S. The van der Waals surface area contributed by atoms with Gasteiger partial charge in [-0.05, 0) is 50.5 Å². The molecule has 2 aromatic heterocycles. The number of pyridine rings is 1. The summed E-state index contributed by atoms with van der Waals surface area (Å²) in [5.74, 6) is 0. The fraction of sp³-hybridized carbons (Fsp3) is 0.348. The van der Waals surface area contributed by atoms with Gasteiger partial charge in [-0.15, -0.1) is 11.3 Å². The summed E-state index contributed by atoms with van der Waals surface area (Å²) < 4.78 is 5.53. The lowest BCUT2D eigenvalue weighted by Gasteiger charge is -2.29. The molecule has 0 bridgehead atoms. The molecule has 1 aliphatic heterocycles. The van der Waals surface area contributed by atoms with Crippen molar-refractivity contribution in [3.05, 3.63) is 58.7 Å². The van der Waals surface area contributed by atoms with E-state index in [2.05, 4.69) is 24.0 Å². The fourth-order valence-corrected chi connectivity index (χ4v) is 4.64. The Kier molecular flexibility index (Phi) is 5.13. The minimum atomic E-state index is -0.491. The smallest absolute Gasteiger partial charge is 0.410 e. The Morgan fingerprint density at radius 2 is 1.93 bits per heavy atom. The molecule has 5 nitrogen and oxygen atoms in total. The van der Waals surface area contributed by atoms with Crippen LogP contribution in [0.4, 0.5) is 4.79 Å². The number of ether oxygens (including phenoxy) is 1.